The Morgan fingerprint density at radius 2 is 2.17 bits per heavy atom. The van der Waals surface area contributed by atoms with Gasteiger partial charge in [-0.05, 0) is 31.5 Å². The van der Waals surface area contributed by atoms with Gasteiger partial charge in [-0.25, -0.2) is 14.4 Å². The molecule has 1 aromatic carbocycles. The molecule has 0 spiro atoms. The van der Waals surface area contributed by atoms with Gasteiger partial charge in [0.2, 0.25) is 5.91 Å². The van der Waals surface area contributed by atoms with Crippen molar-refractivity contribution in [1.29, 1.82) is 0 Å². The first-order valence-electron chi connectivity index (χ1n) is 7.74. The maximum atomic E-state index is 13.5. The van der Waals surface area contributed by atoms with Gasteiger partial charge in [0.25, 0.3) is 0 Å². The number of primary amides is 1. The number of fused-ring (bicyclic) bond motifs is 1. The van der Waals surface area contributed by atoms with Crippen LogP contribution in [0.3, 0.4) is 0 Å². The number of hydrogen-bond acceptors (Lipinski definition) is 5. The fraction of sp³-hybridized carbons (Fsp3) is 0.412. The molecule has 1 aromatic rings. The summed E-state index contributed by atoms with van der Waals surface area (Å²) in [5.74, 6) is -1.55. The van der Waals surface area contributed by atoms with Crippen molar-refractivity contribution in [3.05, 3.63) is 47.0 Å². The van der Waals surface area contributed by atoms with Gasteiger partial charge in [0, 0.05) is 25.0 Å². The van der Waals surface area contributed by atoms with Crippen molar-refractivity contribution < 1.29 is 19.1 Å². The number of rotatable bonds is 3. The number of nitrogens with zero attached hydrogens (tertiary/aromatic N) is 2. The molecule has 1 fully saturated rings. The molecule has 0 aromatic heterocycles. The Hall–Kier alpha value is -2.25. The van der Waals surface area contributed by atoms with Crippen LogP contribution in [0.5, 0.6) is 0 Å². The molecule has 24 heavy (non-hydrogen) atoms. The lowest BCUT2D eigenvalue weighted by molar-refractivity contribution is -0.134. The van der Waals surface area contributed by atoms with Gasteiger partial charge in [0.1, 0.15) is 17.6 Å². The van der Waals surface area contributed by atoms with Crippen molar-refractivity contribution in [2.45, 2.75) is 38.4 Å². The number of aliphatic hydroxyl groups excluding tert-OH is 1. The van der Waals surface area contributed by atoms with Crippen LogP contribution >= 0.6 is 0 Å². The molecule has 1 atom stereocenters. The van der Waals surface area contributed by atoms with E-state index in [0.29, 0.717) is 12.1 Å². The van der Waals surface area contributed by atoms with Crippen LogP contribution in [0.1, 0.15) is 25.8 Å². The first kappa shape index (κ1) is 16.6. The van der Waals surface area contributed by atoms with E-state index in [4.69, 9.17) is 5.73 Å². The molecular formula is C17H20FN3O3. The molecule has 1 saturated heterocycles. The number of benzene rings is 1. The Labute approximate surface area is 139 Å². The summed E-state index contributed by atoms with van der Waals surface area (Å²) < 4.78 is 13.5. The highest BCUT2D eigenvalue weighted by Gasteiger charge is 2.53. The van der Waals surface area contributed by atoms with Gasteiger partial charge in [-0.3, -0.25) is 9.59 Å². The Balaban J connectivity index is 2.02. The summed E-state index contributed by atoms with van der Waals surface area (Å²) in [5.41, 5.74) is 5.57. The number of carbonyl (C=O) groups excluding carboxylic acids is 2. The summed E-state index contributed by atoms with van der Waals surface area (Å²) in [5, 5.41) is 13.9. The predicted octanol–water partition coefficient (Wildman–Crippen LogP) is 1.28. The number of nitrogens with two attached hydrogens (primary N) is 1. The maximum absolute atomic E-state index is 13.5. The molecular weight excluding hydrogens is 313 g/mol. The molecule has 7 heteroatoms. The van der Waals surface area contributed by atoms with E-state index in [1.807, 2.05) is 13.8 Å². The summed E-state index contributed by atoms with van der Waals surface area (Å²) in [7, 11) is 0. The highest BCUT2D eigenvalue weighted by atomic mass is 19.1. The van der Waals surface area contributed by atoms with Crippen LogP contribution in [0.4, 0.5) is 4.39 Å². The minimum absolute atomic E-state index is 0.0266. The lowest BCUT2D eigenvalue weighted by atomic mass is 10.0. The normalized spacial score (nSPS) is 24.3. The number of aliphatic hydroxyl groups is 1. The molecule has 3 rings (SSSR count). The average molecular weight is 333 g/mol. The van der Waals surface area contributed by atoms with Crippen LogP contribution < -0.4 is 5.73 Å². The SMILES string of the molecule is CC1(C)CC(=O)[C@@H]2C(O)=C(C(N)=O)CN(Cc3cccc(F)c3)N21. The summed E-state index contributed by atoms with van der Waals surface area (Å²) >= 11 is 0. The van der Waals surface area contributed by atoms with Gasteiger partial charge in [0.05, 0.1) is 5.57 Å². The topological polar surface area (TPSA) is 86.9 Å². The molecule has 6 nitrogen and oxygen atoms in total. The van der Waals surface area contributed by atoms with E-state index in [-0.39, 0.29) is 35.9 Å². The van der Waals surface area contributed by atoms with E-state index in [2.05, 4.69) is 0 Å². The fourth-order valence-corrected chi connectivity index (χ4v) is 3.59. The third-order valence-corrected chi connectivity index (χ3v) is 4.54. The van der Waals surface area contributed by atoms with Gasteiger partial charge in [0.15, 0.2) is 5.78 Å². The fourth-order valence-electron chi connectivity index (χ4n) is 3.59. The molecule has 0 aliphatic carbocycles. The Bertz CT molecular complexity index is 744. The van der Waals surface area contributed by atoms with Gasteiger partial charge >= 0.3 is 0 Å². The third kappa shape index (κ3) is 2.70. The zero-order chi connectivity index (χ0) is 17.6. The summed E-state index contributed by atoms with van der Waals surface area (Å²) in [4.78, 5) is 24.0. The minimum Gasteiger partial charge on any atom is -0.510 e. The lowest BCUT2D eigenvalue weighted by Gasteiger charge is -2.46. The number of halogens is 1. The number of ketones is 1. The second-order valence-electron chi connectivity index (χ2n) is 6.88. The Morgan fingerprint density at radius 1 is 1.46 bits per heavy atom. The first-order valence-corrected chi connectivity index (χ1v) is 7.74. The van der Waals surface area contributed by atoms with Crippen LogP contribution in [-0.4, -0.2) is 44.9 Å². The summed E-state index contributed by atoms with van der Waals surface area (Å²) in [6.07, 6.45) is 0.243. The molecule has 0 saturated carbocycles. The zero-order valence-corrected chi connectivity index (χ0v) is 13.6. The van der Waals surface area contributed by atoms with Crippen LogP contribution in [0.2, 0.25) is 0 Å². The van der Waals surface area contributed by atoms with Crippen LogP contribution in [0.15, 0.2) is 35.6 Å². The van der Waals surface area contributed by atoms with Crippen molar-refractivity contribution in [3.8, 4) is 0 Å². The predicted molar refractivity (Wildman–Crippen MR) is 85.0 cm³/mol. The highest BCUT2D eigenvalue weighted by molar-refractivity contribution is 5.97. The van der Waals surface area contributed by atoms with E-state index in [9.17, 15) is 19.1 Å². The van der Waals surface area contributed by atoms with Crippen LogP contribution in [0.25, 0.3) is 0 Å². The number of amides is 1. The number of carbonyl (C=O) groups is 2. The molecule has 3 N–H and O–H groups in total. The van der Waals surface area contributed by atoms with Crippen molar-refractivity contribution in [3.63, 3.8) is 0 Å². The van der Waals surface area contributed by atoms with Crippen LogP contribution in [0, 0.1) is 5.82 Å². The van der Waals surface area contributed by atoms with Gasteiger partial charge < -0.3 is 10.8 Å². The van der Waals surface area contributed by atoms with E-state index in [1.165, 1.54) is 12.1 Å². The van der Waals surface area contributed by atoms with Crippen molar-refractivity contribution in [2.75, 3.05) is 6.54 Å². The Kier molecular flexibility index (Phi) is 3.93. The van der Waals surface area contributed by atoms with E-state index in [1.54, 1.807) is 22.2 Å². The number of Topliss-reactive ketones (excluding diaryl/α,β-unsaturated/α-hetero) is 1. The molecule has 0 unspecified atom stereocenters. The first-order chi connectivity index (χ1) is 11.2. The largest absolute Gasteiger partial charge is 0.510 e. The standard InChI is InChI=1S/C17H20FN3O3/c1-17(2)7-13(22)14-15(23)12(16(19)24)9-20(21(14)17)8-10-4-3-5-11(18)6-10/h3-6,14,23H,7-9H2,1-2H3,(H2,19,24)/t14-/m1/s1. The highest BCUT2D eigenvalue weighted by Crippen LogP contribution is 2.39. The van der Waals surface area contributed by atoms with E-state index >= 15 is 0 Å². The van der Waals surface area contributed by atoms with Crippen LogP contribution in [-0.2, 0) is 16.1 Å². The monoisotopic (exact) mass is 333 g/mol. The van der Waals surface area contributed by atoms with Crippen molar-refractivity contribution in [1.82, 2.24) is 10.0 Å². The summed E-state index contributed by atoms with van der Waals surface area (Å²) in [6.45, 7) is 4.16. The van der Waals surface area contributed by atoms with Crippen molar-refractivity contribution >= 4 is 11.7 Å². The smallest absolute Gasteiger partial charge is 0.249 e. The van der Waals surface area contributed by atoms with Gasteiger partial charge in [-0.2, -0.15) is 0 Å². The number of hydrogen-bond donors (Lipinski definition) is 2. The molecule has 128 valence electrons. The lowest BCUT2D eigenvalue weighted by Crippen LogP contribution is -2.59. The van der Waals surface area contributed by atoms with E-state index in [0.717, 1.165) is 0 Å². The third-order valence-electron chi connectivity index (χ3n) is 4.54. The second kappa shape index (κ2) is 5.68. The van der Waals surface area contributed by atoms with Gasteiger partial charge in [-0.15, -0.1) is 0 Å². The Morgan fingerprint density at radius 3 is 2.79 bits per heavy atom. The van der Waals surface area contributed by atoms with Crippen molar-refractivity contribution in [2.24, 2.45) is 5.73 Å². The molecule has 0 radical (unpaired) electrons. The quantitative estimate of drug-likeness (QED) is 0.870. The van der Waals surface area contributed by atoms with Gasteiger partial charge in [-0.1, -0.05) is 12.1 Å². The average Bonchev–Trinajstić information content (AvgIpc) is 2.71. The molecule has 1 amide bonds. The zero-order valence-electron chi connectivity index (χ0n) is 13.6. The second-order valence-corrected chi connectivity index (χ2v) is 6.88. The summed E-state index contributed by atoms with van der Waals surface area (Å²) in [6, 6.07) is 5.22. The molecule has 2 aliphatic heterocycles. The van der Waals surface area contributed by atoms with E-state index < -0.39 is 17.5 Å². The molecule has 2 heterocycles. The molecule has 2 aliphatic rings. The minimum atomic E-state index is -0.912. The number of hydrazine groups is 1. The molecule has 0 bridgehead atoms. The maximum Gasteiger partial charge on any atom is 0.249 e.